The van der Waals surface area contributed by atoms with Gasteiger partial charge in [0.1, 0.15) is 11.6 Å². The first-order valence-electron chi connectivity index (χ1n) is 8.43. The maximum absolute atomic E-state index is 13.6. The zero-order valence-corrected chi connectivity index (χ0v) is 16.1. The Kier molecular flexibility index (Phi) is 6.48. The molecule has 0 spiro atoms. The molecule has 2 N–H and O–H groups in total. The third kappa shape index (κ3) is 5.67. The van der Waals surface area contributed by atoms with E-state index >= 15 is 0 Å². The molecule has 1 heterocycles. The number of carbonyl (C=O) groups is 2. The second-order valence-electron chi connectivity index (χ2n) is 5.93. The van der Waals surface area contributed by atoms with Gasteiger partial charge in [0.05, 0.1) is 12.1 Å². The van der Waals surface area contributed by atoms with Gasteiger partial charge in [-0.25, -0.2) is 18.2 Å². The summed E-state index contributed by atoms with van der Waals surface area (Å²) < 4.78 is 44.4. The molecule has 0 unspecified atom stereocenters. The molecule has 0 aliphatic rings. The lowest BCUT2D eigenvalue weighted by Crippen LogP contribution is -2.18. The van der Waals surface area contributed by atoms with E-state index in [1.165, 1.54) is 24.3 Å². The van der Waals surface area contributed by atoms with Crippen LogP contribution in [0.3, 0.4) is 0 Å². The number of anilines is 2. The van der Waals surface area contributed by atoms with Gasteiger partial charge >= 0.3 is 0 Å². The van der Waals surface area contributed by atoms with Crippen molar-refractivity contribution in [2.75, 3.05) is 10.6 Å². The lowest BCUT2D eigenvalue weighted by atomic mass is 10.3. The summed E-state index contributed by atoms with van der Waals surface area (Å²) >= 11 is 1.06. The molecule has 6 nitrogen and oxygen atoms in total. The number of nitrogens with zero attached hydrogens (tertiary/aromatic N) is 1. The molecule has 0 aliphatic carbocycles. The summed E-state index contributed by atoms with van der Waals surface area (Å²) in [6, 6.07) is 7.92. The highest BCUT2D eigenvalue weighted by Crippen LogP contribution is 2.21. The fourth-order valence-corrected chi connectivity index (χ4v) is 2.96. The van der Waals surface area contributed by atoms with Crippen molar-refractivity contribution in [1.82, 2.24) is 4.98 Å². The quantitative estimate of drug-likeness (QED) is 0.431. The lowest BCUT2D eigenvalue weighted by molar-refractivity contribution is -0.116. The van der Waals surface area contributed by atoms with Gasteiger partial charge < -0.3 is 10.1 Å². The van der Waals surface area contributed by atoms with E-state index in [2.05, 4.69) is 22.2 Å². The van der Waals surface area contributed by atoms with E-state index < -0.39 is 29.1 Å². The van der Waals surface area contributed by atoms with Crippen LogP contribution in [0.25, 0.3) is 0 Å². The van der Waals surface area contributed by atoms with E-state index in [9.17, 15) is 22.8 Å². The topological polar surface area (TPSA) is 80.3 Å². The predicted molar refractivity (Wildman–Crippen MR) is 106 cm³/mol. The highest BCUT2D eigenvalue weighted by molar-refractivity contribution is 7.14. The highest BCUT2D eigenvalue weighted by Gasteiger charge is 2.15. The van der Waals surface area contributed by atoms with Gasteiger partial charge in [0.2, 0.25) is 5.91 Å². The molecule has 2 aromatic carbocycles. The van der Waals surface area contributed by atoms with Gasteiger partial charge in [-0.1, -0.05) is 6.58 Å². The van der Waals surface area contributed by atoms with Gasteiger partial charge in [0, 0.05) is 17.1 Å². The largest absolute Gasteiger partial charge is 0.449 e. The number of halogens is 3. The molecule has 2 amide bonds. The van der Waals surface area contributed by atoms with Crippen LogP contribution in [0.2, 0.25) is 0 Å². The number of aromatic nitrogens is 1. The fraction of sp³-hybridized carbons (Fsp3) is 0.0500. The Balaban J connectivity index is 1.53. The summed E-state index contributed by atoms with van der Waals surface area (Å²) in [5, 5.41) is 6.76. The molecule has 3 rings (SSSR count). The van der Waals surface area contributed by atoms with Gasteiger partial charge in [-0.05, 0) is 36.4 Å². The number of carbonyl (C=O) groups excluding carboxylic acids is 2. The average Bonchev–Trinajstić information content (AvgIpc) is 3.12. The SMILES string of the molecule is C=C(Oc1ccc(F)cc1F)C(=O)Nc1nc(CC(=O)Nc2ccc(F)cc2)cs1. The first-order chi connectivity index (χ1) is 14.3. The molecule has 154 valence electrons. The second kappa shape index (κ2) is 9.23. The molecular weight excluding hydrogens is 419 g/mol. The van der Waals surface area contributed by atoms with E-state index in [-0.39, 0.29) is 23.2 Å². The second-order valence-corrected chi connectivity index (χ2v) is 6.79. The van der Waals surface area contributed by atoms with Crippen LogP contribution < -0.4 is 15.4 Å². The van der Waals surface area contributed by atoms with E-state index in [1.807, 2.05) is 0 Å². The van der Waals surface area contributed by atoms with Crippen LogP contribution in [0.1, 0.15) is 5.69 Å². The van der Waals surface area contributed by atoms with Crippen molar-refractivity contribution in [2.24, 2.45) is 0 Å². The Morgan fingerprint density at radius 2 is 1.73 bits per heavy atom. The molecule has 1 aromatic heterocycles. The van der Waals surface area contributed by atoms with E-state index in [0.29, 0.717) is 17.4 Å². The monoisotopic (exact) mass is 433 g/mol. The van der Waals surface area contributed by atoms with Gasteiger partial charge in [-0.15, -0.1) is 11.3 Å². The smallest absolute Gasteiger partial charge is 0.292 e. The van der Waals surface area contributed by atoms with Crippen LogP contribution >= 0.6 is 11.3 Å². The predicted octanol–water partition coefficient (Wildman–Crippen LogP) is 4.27. The van der Waals surface area contributed by atoms with Crippen LogP contribution in [-0.4, -0.2) is 16.8 Å². The number of rotatable bonds is 7. The molecular formula is C20H14F3N3O3S. The number of nitrogens with one attached hydrogen (secondary N) is 2. The Hall–Kier alpha value is -3.66. The summed E-state index contributed by atoms with van der Waals surface area (Å²) in [5.74, 6) is -4.11. The Morgan fingerprint density at radius 3 is 2.43 bits per heavy atom. The lowest BCUT2D eigenvalue weighted by Gasteiger charge is -2.08. The van der Waals surface area contributed by atoms with Gasteiger partial charge in [0.25, 0.3) is 5.91 Å². The first-order valence-corrected chi connectivity index (χ1v) is 9.31. The number of amides is 2. The molecule has 10 heteroatoms. The summed E-state index contributed by atoms with van der Waals surface area (Å²) in [7, 11) is 0. The molecule has 0 atom stereocenters. The van der Waals surface area contributed by atoms with E-state index in [4.69, 9.17) is 4.74 Å². The number of benzene rings is 2. The number of thiazole rings is 1. The summed E-state index contributed by atoms with van der Waals surface area (Å²) in [5.41, 5.74) is 0.831. The minimum Gasteiger partial charge on any atom is -0.449 e. The van der Waals surface area contributed by atoms with Crippen molar-refractivity contribution in [3.63, 3.8) is 0 Å². The summed E-state index contributed by atoms with van der Waals surface area (Å²) in [6.07, 6.45) is -0.0675. The standard InChI is InChI=1S/C20H14F3N3O3S/c1-11(29-17-7-4-13(22)8-16(17)23)19(28)26-20-25-15(10-30-20)9-18(27)24-14-5-2-12(21)3-6-14/h2-8,10H,1,9H2,(H,24,27)(H,25,26,28). The Bertz CT molecular complexity index is 1100. The molecule has 0 fully saturated rings. The first kappa shape index (κ1) is 21.1. The minimum absolute atomic E-state index is 0.0675. The maximum atomic E-state index is 13.6. The molecule has 3 aromatic rings. The zero-order chi connectivity index (χ0) is 21.7. The maximum Gasteiger partial charge on any atom is 0.292 e. The number of hydrogen-bond acceptors (Lipinski definition) is 5. The van der Waals surface area contributed by atoms with Crippen molar-refractivity contribution in [3.8, 4) is 5.75 Å². The van der Waals surface area contributed by atoms with Crippen molar-refractivity contribution in [2.45, 2.75) is 6.42 Å². The minimum atomic E-state index is -0.979. The molecule has 0 radical (unpaired) electrons. The number of ether oxygens (including phenoxy) is 1. The molecule has 0 saturated heterocycles. The molecule has 30 heavy (non-hydrogen) atoms. The van der Waals surface area contributed by atoms with Crippen LogP contribution in [0.5, 0.6) is 5.75 Å². The normalized spacial score (nSPS) is 10.4. The number of hydrogen-bond donors (Lipinski definition) is 2. The van der Waals surface area contributed by atoms with Gasteiger partial charge in [-0.3, -0.25) is 14.9 Å². The van der Waals surface area contributed by atoms with Crippen LogP contribution in [0.4, 0.5) is 24.0 Å². The third-order valence-corrected chi connectivity index (χ3v) is 4.43. The van der Waals surface area contributed by atoms with Crippen molar-refractivity contribution in [3.05, 3.63) is 83.3 Å². The summed E-state index contributed by atoms with van der Waals surface area (Å²) in [6.45, 7) is 3.41. The molecule has 0 bridgehead atoms. The van der Waals surface area contributed by atoms with E-state index in [0.717, 1.165) is 23.5 Å². The third-order valence-electron chi connectivity index (χ3n) is 3.62. The van der Waals surface area contributed by atoms with Gasteiger partial charge in [0.15, 0.2) is 22.5 Å². The highest BCUT2D eigenvalue weighted by atomic mass is 32.1. The van der Waals surface area contributed by atoms with Gasteiger partial charge in [-0.2, -0.15) is 0 Å². The Morgan fingerprint density at radius 1 is 1.03 bits per heavy atom. The van der Waals surface area contributed by atoms with Crippen LogP contribution in [0, 0.1) is 17.5 Å². The zero-order valence-electron chi connectivity index (χ0n) is 15.2. The van der Waals surface area contributed by atoms with Crippen molar-refractivity contribution < 1.29 is 27.5 Å². The Labute approximate surface area is 173 Å². The average molecular weight is 433 g/mol. The van der Waals surface area contributed by atoms with E-state index in [1.54, 1.807) is 5.38 Å². The molecule has 0 aliphatic heterocycles. The van der Waals surface area contributed by atoms with Crippen molar-refractivity contribution >= 4 is 34.0 Å². The van der Waals surface area contributed by atoms with Crippen molar-refractivity contribution in [1.29, 1.82) is 0 Å². The van der Waals surface area contributed by atoms with Crippen LogP contribution in [0.15, 0.2) is 60.2 Å². The fourth-order valence-electron chi connectivity index (χ4n) is 2.25. The summed E-state index contributed by atoms with van der Waals surface area (Å²) in [4.78, 5) is 28.3. The van der Waals surface area contributed by atoms with Crippen LogP contribution in [-0.2, 0) is 16.0 Å². The molecule has 0 saturated carbocycles.